The van der Waals surface area contributed by atoms with E-state index in [9.17, 15) is 14.4 Å². The number of rotatable bonds is 18. The molecule has 3 unspecified atom stereocenters. The van der Waals surface area contributed by atoms with E-state index in [1.807, 2.05) is 80.6 Å². The second-order valence-electron chi connectivity index (χ2n) is 15.9. The third kappa shape index (κ3) is 10.5. The Morgan fingerprint density at radius 2 is 1.29 bits per heavy atom. The van der Waals surface area contributed by atoms with Crippen molar-refractivity contribution in [1.29, 1.82) is 0 Å². The zero-order chi connectivity index (χ0) is 44.3. The molecule has 0 radical (unpaired) electrons. The number of likely N-dealkylation sites (tertiary alicyclic amines) is 2. The molecule has 3 atom stereocenters. The number of carbonyl (C=O) groups is 3. The molecule has 3 N–H and O–H groups in total. The normalized spacial score (nSPS) is 16.6. The maximum absolute atomic E-state index is 13.8. The zero-order valence-corrected chi connectivity index (χ0v) is 36.6. The number of aromatic amines is 2. The molecule has 3 amide bonds. The summed E-state index contributed by atoms with van der Waals surface area (Å²) in [7, 11) is 4.52. The predicted molar refractivity (Wildman–Crippen MR) is 235 cm³/mol. The third-order valence-electron chi connectivity index (χ3n) is 11.4. The first-order valence-corrected chi connectivity index (χ1v) is 21.4. The van der Waals surface area contributed by atoms with Gasteiger partial charge < -0.3 is 48.6 Å². The number of ether oxygens (including phenoxy) is 6. The highest BCUT2D eigenvalue weighted by Gasteiger charge is 2.38. The van der Waals surface area contributed by atoms with E-state index in [1.165, 1.54) is 7.11 Å². The summed E-state index contributed by atoms with van der Waals surface area (Å²) in [5.41, 5.74) is 5.79. The summed E-state index contributed by atoms with van der Waals surface area (Å²) >= 11 is 0. The van der Waals surface area contributed by atoms with Crippen molar-refractivity contribution in [2.45, 2.75) is 64.3 Å². The first-order chi connectivity index (χ1) is 30.7. The maximum Gasteiger partial charge on any atom is 0.410 e. The van der Waals surface area contributed by atoms with Gasteiger partial charge in [-0.3, -0.25) is 9.69 Å². The molecule has 2 saturated heterocycles. The van der Waals surface area contributed by atoms with Crippen molar-refractivity contribution in [2.75, 3.05) is 60.8 Å². The lowest BCUT2D eigenvalue weighted by Crippen LogP contribution is -2.51. The fraction of sp³-hybridized carbons (Fsp3) is 0.426. The number of hydrogen-bond acceptors (Lipinski definition) is 11. The van der Waals surface area contributed by atoms with Gasteiger partial charge in [-0.25, -0.2) is 19.6 Å². The van der Waals surface area contributed by atoms with Gasteiger partial charge in [-0.1, -0.05) is 68.4 Å². The minimum Gasteiger partial charge on any atom is -0.487 e. The topological polar surface area (TPSA) is 182 Å². The second kappa shape index (κ2) is 21.1. The van der Waals surface area contributed by atoms with Gasteiger partial charge in [0.25, 0.3) is 0 Å². The van der Waals surface area contributed by atoms with Crippen molar-refractivity contribution in [3.05, 3.63) is 96.3 Å². The molecule has 0 spiro atoms. The summed E-state index contributed by atoms with van der Waals surface area (Å²) in [6.07, 6.45) is 5.69. The minimum atomic E-state index is -0.746. The molecule has 4 heterocycles. The quantitative estimate of drug-likeness (QED) is 0.0734. The van der Waals surface area contributed by atoms with Crippen molar-refractivity contribution in [2.24, 2.45) is 5.92 Å². The van der Waals surface area contributed by atoms with Gasteiger partial charge in [0.05, 0.1) is 56.2 Å². The highest BCUT2D eigenvalue weighted by atomic mass is 16.6. The Hall–Kier alpha value is -6.39. The summed E-state index contributed by atoms with van der Waals surface area (Å²) in [4.78, 5) is 59.0. The largest absolute Gasteiger partial charge is 0.487 e. The van der Waals surface area contributed by atoms with Gasteiger partial charge in [0, 0.05) is 38.4 Å². The fourth-order valence-electron chi connectivity index (χ4n) is 8.13. The summed E-state index contributed by atoms with van der Waals surface area (Å²) in [6, 6.07) is 20.4. The van der Waals surface area contributed by atoms with E-state index in [-0.39, 0.29) is 49.8 Å². The van der Waals surface area contributed by atoms with Crippen LogP contribution in [0.25, 0.3) is 33.6 Å². The average molecular weight is 864 g/mol. The molecule has 0 aliphatic carbocycles. The number of nitrogens with zero attached hydrogens (tertiary/aromatic N) is 4. The Balaban J connectivity index is 1.13. The van der Waals surface area contributed by atoms with Crippen LogP contribution in [0.15, 0.2) is 79.1 Å². The van der Waals surface area contributed by atoms with Crippen LogP contribution in [0.5, 0.6) is 11.5 Å². The van der Waals surface area contributed by atoms with Gasteiger partial charge in [-0.05, 0) is 60.4 Å². The van der Waals surface area contributed by atoms with Crippen molar-refractivity contribution >= 4 is 18.1 Å². The lowest BCUT2D eigenvalue weighted by Gasteiger charge is -2.30. The molecule has 3 aromatic carbocycles. The van der Waals surface area contributed by atoms with Crippen molar-refractivity contribution < 1.29 is 42.8 Å². The molecule has 0 saturated carbocycles. The molecule has 16 nitrogen and oxygen atoms in total. The molecule has 2 aliphatic rings. The molecule has 7 rings (SSSR count). The predicted octanol–water partition coefficient (Wildman–Crippen LogP) is 7.70. The lowest BCUT2D eigenvalue weighted by molar-refractivity contribution is -0.135. The molecule has 16 heteroatoms. The van der Waals surface area contributed by atoms with Crippen molar-refractivity contribution in [3.63, 3.8) is 0 Å². The molecule has 0 bridgehead atoms. The Kier molecular flexibility index (Phi) is 15.0. The van der Waals surface area contributed by atoms with Gasteiger partial charge in [0.1, 0.15) is 37.5 Å². The van der Waals surface area contributed by atoms with Gasteiger partial charge in [-0.15, -0.1) is 0 Å². The SMILES string of the molecule is COCCOc1c(-c2ccc(-c3cnc(C4CCCN4C(=O)OCc4ccccc4)[nH]3)cc2)ccc(-c2cnc(C3CCCN3C(=O)C(NC(=O)OC)C(C)C)[nH]2)c1OCCOC. The number of carbonyl (C=O) groups excluding carboxylic acids is 3. The van der Waals surface area contributed by atoms with E-state index in [2.05, 4.69) is 15.3 Å². The number of nitrogens with one attached hydrogen (secondary N) is 3. The Morgan fingerprint density at radius 1 is 0.714 bits per heavy atom. The molecular weight excluding hydrogens is 807 g/mol. The summed E-state index contributed by atoms with van der Waals surface area (Å²) in [5, 5.41) is 2.71. The van der Waals surface area contributed by atoms with Gasteiger partial charge >= 0.3 is 12.2 Å². The molecule has 2 aliphatic heterocycles. The van der Waals surface area contributed by atoms with Gasteiger partial charge in [-0.2, -0.15) is 0 Å². The highest BCUT2D eigenvalue weighted by molar-refractivity contribution is 5.87. The van der Waals surface area contributed by atoms with Crippen LogP contribution in [0, 0.1) is 5.92 Å². The number of methoxy groups -OCH3 is 3. The van der Waals surface area contributed by atoms with Gasteiger partial charge in [0.15, 0.2) is 11.5 Å². The van der Waals surface area contributed by atoms with Crippen molar-refractivity contribution in [1.82, 2.24) is 35.1 Å². The Morgan fingerprint density at radius 3 is 1.92 bits per heavy atom. The minimum absolute atomic E-state index is 0.154. The standard InChI is InChI=1S/C47H57N7O9/c1-30(2)40(52-46(56)60-5)45(55)53-21-9-13-38(53)43-49-28-37(51-43)35-20-19-34(41(61-25-23-58-3)42(35)62-26-24-59-4)32-15-17-33(18-16-32)36-27-48-44(50-36)39-14-10-22-54(39)47(57)63-29-31-11-7-6-8-12-31/h6-8,11-12,15-20,27-28,30,38-40H,9-10,13-14,21-26,29H2,1-5H3,(H,48,50)(H,49,51)(H,52,56). The number of imidazole rings is 2. The fourth-order valence-corrected chi connectivity index (χ4v) is 8.13. The first-order valence-electron chi connectivity index (χ1n) is 21.4. The molecule has 2 aromatic heterocycles. The number of hydrogen-bond donors (Lipinski definition) is 3. The first kappa shape index (κ1) is 44.7. The second-order valence-corrected chi connectivity index (χ2v) is 15.9. The smallest absolute Gasteiger partial charge is 0.410 e. The number of aromatic nitrogens is 4. The molecular formula is C47H57N7O9. The van der Waals surface area contributed by atoms with E-state index in [0.717, 1.165) is 58.6 Å². The van der Waals surface area contributed by atoms with E-state index in [4.69, 9.17) is 38.4 Å². The number of alkyl carbamates (subject to hydrolysis) is 1. The molecule has 334 valence electrons. The Bertz CT molecular complexity index is 2300. The van der Waals surface area contributed by atoms with E-state index >= 15 is 0 Å². The number of H-pyrrole nitrogens is 2. The molecule has 5 aromatic rings. The van der Waals surface area contributed by atoms with Crippen LogP contribution < -0.4 is 14.8 Å². The van der Waals surface area contributed by atoms with E-state index < -0.39 is 12.1 Å². The third-order valence-corrected chi connectivity index (χ3v) is 11.4. The van der Waals surface area contributed by atoms with E-state index in [0.29, 0.717) is 55.7 Å². The molecule has 63 heavy (non-hydrogen) atoms. The summed E-state index contributed by atoms with van der Waals surface area (Å²) < 4.78 is 34.1. The molecule has 2 fully saturated rings. The average Bonchev–Trinajstić information content (AvgIpc) is 4.15. The maximum atomic E-state index is 13.8. The van der Waals surface area contributed by atoms with Crippen LogP contribution in [0.2, 0.25) is 0 Å². The van der Waals surface area contributed by atoms with Crippen LogP contribution in [0.4, 0.5) is 9.59 Å². The zero-order valence-electron chi connectivity index (χ0n) is 36.6. The monoisotopic (exact) mass is 863 g/mol. The van der Waals surface area contributed by atoms with Gasteiger partial charge in [0.2, 0.25) is 5.91 Å². The Labute approximate surface area is 367 Å². The lowest BCUT2D eigenvalue weighted by atomic mass is 9.98. The van der Waals surface area contributed by atoms with Crippen LogP contribution in [-0.2, 0) is 30.3 Å². The van der Waals surface area contributed by atoms with Crippen LogP contribution in [-0.4, -0.2) is 115 Å². The number of benzene rings is 3. The van der Waals surface area contributed by atoms with Crippen molar-refractivity contribution in [3.8, 4) is 45.1 Å². The van der Waals surface area contributed by atoms with Crippen LogP contribution in [0.1, 0.15) is 68.8 Å². The van der Waals surface area contributed by atoms with E-state index in [1.54, 1.807) is 36.4 Å². The summed E-state index contributed by atoms with van der Waals surface area (Å²) in [5.74, 6) is 2.04. The number of amides is 3. The van der Waals surface area contributed by atoms with Crippen LogP contribution >= 0.6 is 0 Å². The highest BCUT2D eigenvalue weighted by Crippen LogP contribution is 2.46. The van der Waals surface area contributed by atoms with Crippen LogP contribution in [0.3, 0.4) is 0 Å². The summed E-state index contributed by atoms with van der Waals surface area (Å²) in [6.45, 7) is 6.36.